The molecule has 59 heavy (non-hydrogen) atoms. The van der Waals surface area contributed by atoms with Crippen LogP contribution in [-0.2, 0) is 28.4 Å². The molecule has 1 aliphatic carbocycles. The summed E-state index contributed by atoms with van der Waals surface area (Å²) in [7, 11) is 1.64. The van der Waals surface area contributed by atoms with Gasteiger partial charge in [-0.1, -0.05) is 18.2 Å². The Labute approximate surface area is 337 Å². The molecule has 312 valence electrons. The van der Waals surface area contributed by atoms with Crippen molar-refractivity contribution in [3.63, 3.8) is 0 Å². The molecule has 2 aromatic carbocycles. The number of amides is 3. The van der Waals surface area contributed by atoms with Crippen molar-refractivity contribution in [2.45, 2.75) is 94.6 Å². The average molecular weight is 818 g/mol. The number of hydrogen-bond donors (Lipinski definition) is 3. The van der Waals surface area contributed by atoms with E-state index in [1.165, 1.54) is 21.3 Å². The van der Waals surface area contributed by atoms with Crippen LogP contribution in [0.3, 0.4) is 0 Å². The molecule has 8 rings (SSSR count). The topological polar surface area (TPSA) is 143 Å². The van der Waals surface area contributed by atoms with Gasteiger partial charge in [0.1, 0.15) is 17.9 Å². The van der Waals surface area contributed by atoms with Crippen LogP contribution in [0.25, 0.3) is 16.7 Å². The lowest BCUT2D eigenvalue weighted by Crippen LogP contribution is -2.44. The summed E-state index contributed by atoms with van der Waals surface area (Å²) in [5.41, 5.74) is 1.09. The number of fused-ring (bicyclic) bond motifs is 2. The number of nitrogens with zero attached hydrogens (tertiary/aromatic N) is 5. The number of pyridine rings is 1. The van der Waals surface area contributed by atoms with Crippen molar-refractivity contribution in [1.82, 2.24) is 28.7 Å². The first-order valence-corrected chi connectivity index (χ1v) is 20.1. The third kappa shape index (κ3) is 7.91. The quantitative estimate of drug-likeness (QED) is 0.119. The van der Waals surface area contributed by atoms with Crippen molar-refractivity contribution < 1.29 is 37.1 Å². The smallest absolute Gasteiger partial charge is 0.386 e. The summed E-state index contributed by atoms with van der Waals surface area (Å²) in [6.45, 7) is 4.86. The Hall–Kier alpha value is -5.35. The highest BCUT2D eigenvalue weighted by Crippen LogP contribution is 2.40. The normalized spacial score (nSPS) is 23.5. The molecular formula is C43H47F4N7O5. The Balaban J connectivity index is 0.912. The van der Waals surface area contributed by atoms with Crippen molar-refractivity contribution in [3.8, 4) is 0 Å². The van der Waals surface area contributed by atoms with Gasteiger partial charge < -0.3 is 19.7 Å². The highest BCUT2D eigenvalue weighted by atomic mass is 19.4. The van der Waals surface area contributed by atoms with Gasteiger partial charge >= 0.3 is 11.9 Å². The van der Waals surface area contributed by atoms with E-state index in [0.29, 0.717) is 41.1 Å². The molecule has 2 aliphatic heterocycles. The van der Waals surface area contributed by atoms with E-state index in [0.717, 1.165) is 55.6 Å². The van der Waals surface area contributed by atoms with Gasteiger partial charge in [0.25, 0.3) is 5.91 Å². The molecule has 3 atom stereocenters. The number of imidazole rings is 2. The summed E-state index contributed by atoms with van der Waals surface area (Å²) in [6.07, 6.45) is 2.30. The maximum Gasteiger partial charge on any atom is 0.416 e. The number of rotatable bonds is 8. The molecule has 0 bridgehead atoms. The minimum Gasteiger partial charge on any atom is -0.386 e. The number of carbonyl (C=O) groups excluding carboxylic acids is 3. The number of imide groups is 1. The highest BCUT2D eigenvalue weighted by molar-refractivity contribution is 6.05. The second-order valence-electron chi connectivity index (χ2n) is 16.9. The number of para-hydroxylation sites is 1. The number of halogens is 4. The van der Waals surface area contributed by atoms with Gasteiger partial charge in [-0.15, -0.1) is 0 Å². The first kappa shape index (κ1) is 40.4. The molecule has 3 aliphatic rings. The Bertz CT molecular complexity index is 2510. The summed E-state index contributed by atoms with van der Waals surface area (Å²) >= 11 is 0. The molecule has 5 aromatic rings. The monoisotopic (exact) mass is 817 g/mol. The second-order valence-corrected chi connectivity index (χ2v) is 16.9. The van der Waals surface area contributed by atoms with Crippen molar-refractivity contribution >= 4 is 40.1 Å². The van der Waals surface area contributed by atoms with Crippen LogP contribution in [0.1, 0.15) is 109 Å². The number of alkyl halides is 4. The minimum absolute atomic E-state index is 0.138. The van der Waals surface area contributed by atoms with Crippen LogP contribution in [0.4, 0.5) is 23.2 Å². The molecule has 16 heteroatoms. The van der Waals surface area contributed by atoms with E-state index in [2.05, 4.69) is 15.5 Å². The highest BCUT2D eigenvalue weighted by Gasteiger charge is 2.37. The van der Waals surface area contributed by atoms with E-state index in [1.54, 1.807) is 49.7 Å². The number of aliphatic hydroxyl groups is 1. The SMILES string of the molecule is Cn1c(=O)n(C2CCC(=O)NC2=O)c2cccc([C@@H]3CCN(CC4CCC(c5cn6cc(NC(=O)c7cccc(C(F)(F)F)c7)c(C(C)(C)O)cc6n5)CC4)C[C@H]3F)c21. The lowest BCUT2D eigenvalue weighted by Gasteiger charge is -2.38. The maximum absolute atomic E-state index is 16.2. The first-order chi connectivity index (χ1) is 28.0. The number of benzene rings is 2. The zero-order chi connectivity index (χ0) is 42.0. The summed E-state index contributed by atoms with van der Waals surface area (Å²) in [4.78, 5) is 58.1. The fourth-order valence-electron chi connectivity index (χ4n) is 9.37. The number of carbonyl (C=O) groups is 3. The number of aryl methyl sites for hydroxylation is 1. The molecule has 5 heterocycles. The number of likely N-dealkylation sites (tertiary alicyclic amines) is 1. The predicted octanol–water partition coefficient (Wildman–Crippen LogP) is 6.57. The molecule has 3 N–H and O–H groups in total. The van der Waals surface area contributed by atoms with E-state index in [1.807, 2.05) is 12.3 Å². The molecule has 3 fully saturated rings. The number of aromatic nitrogens is 4. The largest absolute Gasteiger partial charge is 0.416 e. The van der Waals surface area contributed by atoms with E-state index in [-0.39, 0.29) is 48.2 Å². The minimum atomic E-state index is -4.60. The molecular weight excluding hydrogens is 771 g/mol. The maximum atomic E-state index is 16.2. The molecule has 12 nitrogen and oxygen atoms in total. The Morgan fingerprint density at radius 1 is 0.983 bits per heavy atom. The fraction of sp³-hybridized carbons (Fsp3) is 0.465. The molecule has 3 aromatic heterocycles. The molecule has 0 spiro atoms. The second kappa shape index (κ2) is 15.4. The van der Waals surface area contributed by atoms with Gasteiger partial charge in [-0.2, -0.15) is 13.2 Å². The van der Waals surface area contributed by atoms with Crippen molar-refractivity contribution in [2.75, 3.05) is 25.0 Å². The Morgan fingerprint density at radius 2 is 1.73 bits per heavy atom. The van der Waals surface area contributed by atoms with E-state index in [4.69, 9.17) is 4.98 Å². The van der Waals surface area contributed by atoms with E-state index in [9.17, 15) is 37.5 Å². The van der Waals surface area contributed by atoms with Gasteiger partial charge in [-0.3, -0.25) is 28.8 Å². The van der Waals surface area contributed by atoms with Crippen molar-refractivity contribution in [2.24, 2.45) is 13.0 Å². The van der Waals surface area contributed by atoms with Crippen LogP contribution in [-0.4, -0.2) is 72.1 Å². The van der Waals surface area contributed by atoms with Crippen LogP contribution < -0.4 is 16.3 Å². The summed E-state index contributed by atoms with van der Waals surface area (Å²) in [5, 5.41) is 16.0. The Kier molecular flexibility index (Phi) is 10.5. The lowest BCUT2D eigenvalue weighted by molar-refractivity contribution is -0.138. The van der Waals surface area contributed by atoms with Gasteiger partial charge in [0, 0.05) is 61.9 Å². The lowest BCUT2D eigenvalue weighted by atomic mass is 9.80. The van der Waals surface area contributed by atoms with E-state index >= 15 is 4.39 Å². The molecule has 2 saturated heterocycles. The molecule has 1 unspecified atom stereocenters. The van der Waals surface area contributed by atoms with E-state index < -0.39 is 47.3 Å². The fourth-order valence-corrected chi connectivity index (χ4v) is 9.37. The number of anilines is 1. The first-order valence-electron chi connectivity index (χ1n) is 20.1. The van der Waals surface area contributed by atoms with Gasteiger partial charge in [0.15, 0.2) is 0 Å². The third-order valence-electron chi connectivity index (χ3n) is 12.4. The molecule has 0 radical (unpaired) electrons. The number of hydrogen-bond acceptors (Lipinski definition) is 7. The van der Waals surface area contributed by atoms with Crippen molar-refractivity contribution in [1.29, 1.82) is 0 Å². The zero-order valence-electron chi connectivity index (χ0n) is 33.1. The molecule has 1 saturated carbocycles. The van der Waals surface area contributed by atoms with Crippen LogP contribution in [0.5, 0.6) is 0 Å². The van der Waals surface area contributed by atoms with Crippen LogP contribution in [0, 0.1) is 5.92 Å². The van der Waals surface area contributed by atoms with Crippen LogP contribution >= 0.6 is 0 Å². The Morgan fingerprint density at radius 3 is 2.42 bits per heavy atom. The molecule has 3 amide bonds. The van der Waals surface area contributed by atoms with Gasteiger partial charge in [-0.25, -0.2) is 14.2 Å². The number of nitrogens with one attached hydrogen (secondary N) is 2. The average Bonchev–Trinajstić information content (AvgIpc) is 3.71. The number of piperidine rings is 2. The third-order valence-corrected chi connectivity index (χ3v) is 12.4. The van der Waals surface area contributed by atoms with Gasteiger partial charge in [0.2, 0.25) is 11.8 Å². The summed E-state index contributed by atoms with van der Waals surface area (Å²) in [6, 6.07) is 10.5. The van der Waals surface area contributed by atoms with Gasteiger partial charge in [0.05, 0.1) is 33.6 Å². The van der Waals surface area contributed by atoms with Crippen LogP contribution in [0.15, 0.2) is 65.7 Å². The standard InChI is InChI=1S/C43H47F4N7O5/c1-42(2,59)30-19-36-48-32(22-53(36)23-33(30)49-39(56)26-6-4-7-27(18-26)43(45,46)47)25-12-10-24(11-13-25)20-52-17-16-28(31(44)21-52)29-8-5-9-34-38(29)51(3)41(58)54(34)35-14-15-37(55)50-40(35)57/h4-9,18-19,22-25,28,31,35,59H,10-17,20-21H2,1-3H3,(H,49,56)(H,50,55,57)/t24?,25?,28-,31+,35?/m0/s1. The predicted molar refractivity (Wildman–Crippen MR) is 212 cm³/mol. The zero-order valence-corrected chi connectivity index (χ0v) is 33.1. The van der Waals surface area contributed by atoms with Gasteiger partial charge in [-0.05, 0) is 101 Å². The van der Waals surface area contributed by atoms with Crippen molar-refractivity contribution in [3.05, 3.63) is 99.4 Å². The van der Waals surface area contributed by atoms with Crippen LogP contribution in [0.2, 0.25) is 0 Å². The summed E-state index contributed by atoms with van der Waals surface area (Å²) < 4.78 is 60.8. The summed E-state index contributed by atoms with van der Waals surface area (Å²) in [5.74, 6) is -1.50.